The Kier molecular flexibility index (Phi) is 10.2. The van der Waals surface area contributed by atoms with Gasteiger partial charge in [-0.25, -0.2) is 8.42 Å². The molecule has 1 N–H and O–H groups in total. The number of rotatable bonds is 12. The SMILES string of the molecule is CCC(C)NC(=O)C(Cc1ccccc1)N(Cc1ccccc1Cl)C(=O)CN(c1cccc2ccccc12)S(C)(=O)=O. The highest BCUT2D eigenvalue weighted by atomic mass is 35.5. The molecule has 2 atom stereocenters. The van der Waals surface area contributed by atoms with Gasteiger partial charge in [0, 0.05) is 29.4 Å². The van der Waals surface area contributed by atoms with Crippen LogP contribution in [0.1, 0.15) is 31.4 Å². The third kappa shape index (κ3) is 7.69. The first-order valence-corrected chi connectivity index (χ1v) is 16.1. The molecule has 4 aromatic carbocycles. The smallest absolute Gasteiger partial charge is 0.244 e. The minimum atomic E-state index is -3.89. The highest BCUT2D eigenvalue weighted by Gasteiger charge is 2.34. The zero-order chi connectivity index (χ0) is 30.3. The van der Waals surface area contributed by atoms with Crippen molar-refractivity contribution in [1.29, 1.82) is 0 Å². The molecule has 0 aliphatic carbocycles. The van der Waals surface area contributed by atoms with Gasteiger partial charge in [-0.3, -0.25) is 13.9 Å². The second-order valence-electron chi connectivity index (χ2n) is 10.4. The second-order valence-corrected chi connectivity index (χ2v) is 12.7. The number of hydrogen-bond donors (Lipinski definition) is 1. The molecule has 0 heterocycles. The van der Waals surface area contributed by atoms with Gasteiger partial charge in [0.1, 0.15) is 12.6 Å². The van der Waals surface area contributed by atoms with Gasteiger partial charge >= 0.3 is 0 Å². The molecule has 220 valence electrons. The van der Waals surface area contributed by atoms with Crippen LogP contribution in [0.15, 0.2) is 97.1 Å². The minimum Gasteiger partial charge on any atom is -0.352 e. The highest BCUT2D eigenvalue weighted by molar-refractivity contribution is 7.92. The fraction of sp³-hybridized carbons (Fsp3) is 0.273. The number of nitrogens with one attached hydrogen (secondary N) is 1. The van der Waals surface area contributed by atoms with Gasteiger partial charge in [-0.2, -0.15) is 0 Å². The Hall–Kier alpha value is -3.88. The van der Waals surface area contributed by atoms with Crippen molar-refractivity contribution in [1.82, 2.24) is 10.2 Å². The van der Waals surface area contributed by atoms with Gasteiger partial charge < -0.3 is 10.2 Å². The number of benzene rings is 4. The fourth-order valence-electron chi connectivity index (χ4n) is 4.83. The Morgan fingerprint density at radius 2 is 1.52 bits per heavy atom. The van der Waals surface area contributed by atoms with Gasteiger partial charge in [-0.1, -0.05) is 103 Å². The van der Waals surface area contributed by atoms with E-state index in [-0.39, 0.29) is 24.9 Å². The number of amides is 2. The third-order valence-corrected chi connectivity index (χ3v) is 8.78. The van der Waals surface area contributed by atoms with Crippen molar-refractivity contribution in [3.05, 3.63) is 113 Å². The van der Waals surface area contributed by atoms with Crippen molar-refractivity contribution in [2.75, 3.05) is 17.1 Å². The summed E-state index contributed by atoms with van der Waals surface area (Å²) in [5.41, 5.74) is 1.91. The summed E-state index contributed by atoms with van der Waals surface area (Å²) in [7, 11) is -3.89. The predicted octanol–water partition coefficient (Wildman–Crippen LogP) is 5.81. The number of anilines is 1. The van der Waals surface area contributed by atoms with E-state index in [1.165, 1.54) is 4.90 Å². The Balaban J connectivity index is 1.79. The molecule has 0 saturated carbocycles. The van der Waals surface area contributed by atoms with Crippen molar-refractivity contribution in [2.24, 2.45) is 0 Å². The first-order chi connectivity index (χ1) is 20.1. The van der Waals surface area contributed by atoms with Crippen LogP contribution in [0.2, 0.25) is 5.02 Å². The number of hydrogen-bond acceptors (Lipinski definition) is 4. The molecule has 0 spiro atoms. The van der Waals surface area contributed by atoms with Crippen LogP contribution in [-0.4, -0.2) is 50.0 Å². The Morgan fingerprint density at radius 3 is 2.21 bits per heavy atom. The fourth-order valence-corrected chi connectivity index (χ4v) is 5.88. The standard InChI is InChI=1S/C33H36ClN3O4S/c1-4-24(2)35-33(39)31(21-25-13-6-5-7-14-25)36(22-27-16-9-11-19-29(27)34)32(38)23-37(42(3,40)41)30-20-12-17-26-15-8-10-18-28(26)30/h5-20,24,31H,4,21-23H2,1-3H3,(H,35,39). The van der Waals surface area contributed by atoms with E-state index in [1.54, 1.807) is 30.3 Å². The molecule has 0 aliphatic rings. The maximum Gasteiger partial charge on any atom is 0.244 e. The topological polar surface area (TPSA) is 86.8 Å². The van der Waals surface area contributed by atoms with E-state index in [1.807, 2.05) is 80.6 Å². The Labute approximate surface area is 253 Å². The summed E-state index contributed by atoms with van der Waals surface area (Å²) >= 11 is 6.52. The van der Waals surface area contributed by atoms with Gasteiger partial charge in [-0.15, -0.1) is 0 Å². The average molecular weight is 606 g/mol. The minimum absolute atomic E-state index is 0.0249. The lowest BCUT2D eigenvalue weighted by molar-refractivity contribution is -0.140. The molecule has 0 aliphatic heterocycles. The lowest BCUT2D eigenvalue weighted by atomic mass is 10.0. The van der Waals surface area contributed by atoms with Gasteiger partial charge in [0.15, 0.2) is 0 Å². The van der Waals surface area contributed by atoms with E-state index < -0.39 is 28.5 Å². The van der Waals surface area contributed by atoms with Gasteiger partial charge in [0.05, 0.1) is 11.9 Å². The van der Waals surface area contributed by atoms with Crippen molar-refractivity contribution >= 4 is 49.9 Å². The van der Waals surface area contributed by atoms with Crippen LogP contribution in [0.4, 0.5) is 5.69 Å². The number of carbonyl (C=O) groups is 2. The summed E-state index contributed by atoms with van der Waals surface area (Å²) in [4.78, 5) is 29.6. The quantitative estimate of drug-likeness (QED) is 0.221. The van der Waals surface area contributed by atoms with Gasteiger partial charge in [-0.05, 0) is 42.0 Å². The van der Waals surface area contributed by atoms with Crippen LogP contribution in [0.5, 0.6) is 0 Å². The highest BCUT2D eigenvalue weighted by Crippen LogP contribution is 2.29. The van der Waals surface area contributed by atoms with E-state index in [0.717, 1.165) is 21.5 Å². The molecule has 42 heavy (non-hydrogen) atoms. The summed E-state index contributed by atoms with van der Waals surface area (Å²) in [5.74, 6) is -0.835. The van der Waals surface area contributed by atoms with E-state index in [4.69, 9.17) is 11.6 Å². The van der Waals surface area contributed by atoms with E-state index >= 15 is 0 Å². The van der Waals surface area contributed by atoms with Crippen LogP contribution >= 0.6 is 11.6 Å². The maximum absolute atomic E-state index is 14.3. The van der Waals surface area contributed by atoms with Crippen LogP contribution in [0, 0.1) is 0 Å². The van der Waals surface area contributed by atoms with Crippen molar-refractivity contribution in [2.45, 2.75) is 45.3 Å². The molecule has 4 aromatic rings. The van der Waals surface area contributed by atoms with Crippen molar-refractivity contribution in [3.63, 3.8) is 0 Å². The second kappa shape index (κ2) is 13.9. The zero-order valence-corrected chi connectivity index (χ0v) is 25.6. The molecule has 0 saturated heterocycles. The first kappa shape index (κ1) is 31.1. The molecule has 2 amide bonds. The molecule has 9 heteroatoms. The average Bonchev–Trinajstić information content (AvgIpc) is 2.98. The lowest BCUT2D eigenvalue weighted by Crippen LogP contribution is -2.54. The van der Waals surface area contributed by atoms with E-state index in [2.05, 4.69) is 5.32 Å². The molecule has 0 bridgehead atoms. The molecular weight excluding hydrogens is 570 g/mol. The summed E-state index contributed by atoms with van der Waals surface area (Å²) in [5, 5.41) is 5.02. The number of halogens is 1. The van der Waals surface area contributed by atoms with Crippen LogP contribution in [-0.2, 0) is 32.6 Å². The summed E-state index contributed by atoms with van der Waals surface area (Å²) in [6.45, 7) is 3.41. The number of nitrogens with zero attached hydrogens (tertiary/aromatic N) is 2. The summed E-state index contributed by atoms with van der Waals surface area (Å²) in [6, 6.07) is 28.3. The number of fused-ring (bicyclic) bond motifs is 1. The zero-order valence-electron chi connectivity index (χ0n) is 24.0. The van der Waals surface area contributed by atoms with Crippen LogP contribution in [0.25, 0.3) is 10.8 Å². The van der Waals surface area contributed by atoms with E-state index in [0.29, 0.717) is 28.1 Å². The molecule has 0 aromatic heterocycles. The van der Waals surface area contributed by atoms with E-state index in [9.17, 15) is 18.0 Å². The molecule has 0 radical (unpaired) electrons. The molecular formula is C33H36ClN3O4S. The predicted molar refractivity (Wildman–Crippen MR) is 170 cm³/mol. The Morgan fingerprint density at radius 1 is 0.881 bits per heavy atom. The van der Waals surface area contributed by atoms with Gasteiger partial charge in [0.2, 0.25) is 21.8 Å². The summed E-state index contributed by atoms with van der Waals surface area (Å²) < 4.78 is 27.5. The van der Waals surface area contributed by atoms with Crippen LogP contribution in [0.3, 0.4) is 0 Å². The van der Waals surface area contributed by atoms with Crippen molar-refractivity contribution in [3.8, 4) is 0 Å². The van der Waals surface area contributed by atoms with Crippen LogP contribution < -0.4 is 9.62 Å². The van der Waals surface area contributed by atoms with Gasteiger partial charge in [0.25, 0.3) is 0 Å². The maximum atomic E-state index is 14.3. The largest absolute Gasteiger partial charge is 0.352 e. The molecule has 7 nitrogen and oxygen atoms in total. The third-order valence-electron chi connectivity index (χ3n) is 7.29. The molecule has 2 unspecified atom stereocenters. The number of carbonyl (C=O) groups excluding carboxylic acids is 2. The first-order valence-electron chi connectivity index (χ1n) is 13.9. The van der Waals surface area contributed by atoms with Crippen molar-refractivity contribution < 1.29 is 18.0 Å². The Bertz CT molecular complexity index is 1640. The monoisotopic (exact) mass is 605 g/mol. The molecule has 4 rings (SSSR count). The summed E-state index contributed by atoms with van der Waals surface area (Å²) in [6.07, 6.45) is 2.04. The molecule has 0 fully saturated rings. The lowest BCUT2D eigenvalue weighted by Gasteiger charge is -2.34. The normalized spacial score (nSPS) is 12.9. The number of sulfonamides is 1.